The molecule has 1 aromatic carbocycles. The molecule has 4 nitrogen and oxygen atoms in total. The van der Waals surface area contributed by atoms with E-state index in [9.17, 15) is 8.78 Å². The summed E-state index contributed by atoms with van der Waals surface area (Å²) in [4.78, 5) is 0. The third-order valence-electron chi connectivity index (χ3n) is 3.83. The zero-order valence-corrected chi connectivity index (χ0v) is 11.9. The SMILES string of the molecule is CCCC1NCCn2c(Cc3ccc(F)cc3F)nnc21. The van der Waals surface area contributed by atoms with Crippen molar-refractivity contribution >= 4 is 0 Å². The van der Waals surface area contributed by atoms with Crippen molar-refractivity contribution in [2.75, 3.05) is 6.54 Å². The summed E-state index contributed by atoms with van der Waals surface area (Å²) in [6.07, 6.45) is 2.40. The van der Waals surface area contributed by atoms with E-state index in [1.54, 1.807) is 0 Å². The first kappa shape index (κ1) is 14.1. The summed E-state index contributed by atoms with van der Waals surface area (Å²) in [5.41, 5.74) is 0.442. The summed E-state index contributed by atoms with van der Waals surface area (Å²) < 4.78 is 28.8. The highest BCUT2D eigenvalue weighted by molar-refractivity contribution is 5.22. The Morgan fingerprint density at radius 3 is 2.95 bits per heavy atom. The van der Waals surface area contributed by atoms with Gasteiger partial charge in [-0.15, -0.1) is 10.2 Å². The number of nitrogens with one attached hydrogen (secondary N) is 1. The highest BCUT2D eigenvalue weighted by atomic mass is 19.1. The maximum atomic E-state index is 13.8. The Hall–Kier alpha value is -1.82. The maximum Gasteiger partial charge on any atom is 0.150 e. The summed E-state index contributed by atoms with van der Waals surface area (Å²) in [6.45, 7) is 3.76. The first-order chi connectivity index (χ1) is 10.2. The molecule has 1 aliphatic heterocycles. The molecule has 2 heterocycles. The minimum absolute atomic E-state index is 0.211. The van der Waals surface area contributed by atoms with E-state index < -0.39 is 11.6 Å². The van der Waals surface area contributed by atoms with E-state index in [1.165, 1.54) is 12.1 Å². The molecule has 0 saturated carbocycles. The van der Waals surface area contributed by atoms with Crippen molar-refractivity contribution < 1.29 is 8.78 Å². The average Bonchev–Trinajstić information content (AvgIpc) is 2.87. The van der Waals surface area contributed by atoms with Gasteiger partial charge in [-0.1, -0.05) is 19.4 Å². The van der Waals surface area contributed by atoms with Gasteiger partial charge in [-0.05, 0) is 18.1 Å². The molecule has 0 aliphatic carbocycles. The van der Waals surface area contributed by atoms with Gasteiger partial charge < -0.3 is 9.88 Å². The summed E-state index contributed by atoms with van der Waals surface area (Å²) in [6, 6.07) is 3.86. The molecule has 2 aromatic rings. The molecule has 3 rings (SSSR count). The van der Waals surface area contributed by atoms with Crippen molar-refractivity contribution in [1.82, 2.24) is 20.1 Å². The van der Waals surface area contributed by atoms with Gasteiger partial charge in [0, 0.05) is 25.6 Å². The average molecular weight is 292 g/mol. The Balaban J connectivity index is 1.87. The van der Waals surface area contributed by atoms with E-state index in [4.69, 9.17) is 0 Å². The van der Waals surface area contributed by atoms with Crippen LogP contribution in [0.1, 0.15) is 43.0 Å². The Morgan fingerprint density at radius 1 is 1.33 bits per heavy atom. The van der Waals surface area contributed by atoms with Crippen LogP contribution in [0.15, 0.2) is 18.2 Å². The van der Waals surface area contributed by atoms with Crippen molar-refractivity contribution in [2.24, 2.45) is 0 Å². The lowest BCUT2D eigenvalue weighted by atomic mass is 10.1. The first-order valence-corrected chi connectivity index (χ1v) is 7.28. The Bertz CT molecular complexity index is 639. The molecule has 0 spiro atoms. The van der Waals surface area contributed by atoms with E-state index in [-0.39, 0.29) is 6.04 Å². The smallest absolute Gasteiger partial charge is 0.150 e. The summed E-state index contributed by atoms with van der Waals surface area (Å²) in [5, 5.41) is 11.9. The molecular formula is C15H18F2N4. The van der Waals surface area contributed by atoms with Crippen LogP contribution < -0.4 is 5.32 Å². The third kappa shape index (κ3) is 2.81. The fraction of sp³-hybridized carbons (Fsp3) is 0.467. The van der Waals surface area contributed by atoms with Crippen LogP contribution in [0.25, 0.3) is 0 Å². The number of aromatic nitrogens is 3. The van der Waals surface area contributed by atoms with Crippen molar-refractivity contribution in [3.8, 4) is 0 Å². The van der Waals surface area contributed by atoms with E-state index in [1.807, 2.05) is 0 Å². The van der Waals surface area contributed by atoms with Crippen LogP contribution in [0.4, 0.5) is 8.78 Å². The summed E-state index contributed by atoms with van der Waals surface area (Å²) >= 11 is 0. The van der Waals surface area contributed by atoms with Gasteiger partial charge >= 0.3 is 0 Å². The molecule has 1 N–H and O–H groups in total. The van der Waals surface area contributed by atoms with Gasteiger partial charge in [0.2, 0.25) is 0 Å². The monoisotopic (exact) mass is 292 g/mol. The van der Waals surface area contributed by atoms with Gasteiger partial charge in [0.1, 0.15) is 23.3 Å². The quantitative estimate of drug-likeness (QED) is 0.942. The van der Waals surface area contributed by atoms with Crippen molar-refractivity contribution in [2.45, 2.75) is 38.8 Å². The predicted octanol–water partition coefficient (Wildman–Crippen LogP) is 2.59. The molecule has 0 amide bonds. The molecule has 112 valence electrons. The van der Waals surface area contributed by atoms with E-state index >= 15 is 0 Å². The Kier molecular flexibility index (Phi) is 3.96. The number of nitrogens with zero attached hydrogens (tertiary/aromatic N) is 3. The first-order valence-electron chi connectivity index (χ1n) is 7.28. The lowest BCUT2D eigenvalue weighted by Crippen LogP contribution is -2.34. The zero-order chi connectivity index (χ0) is 14.8. The number of fused-ring (bicyclic) bond motifs is 1. The largest absolute Gasteiger partial charge is 0.312 e. The molecule has 1 unspecified atom stereocenters. The number of halogens is 2. The molecule has 0 saturated heterocycles. The van der Waals surface area contributed by atoms with Gasteiger partial charge in [0.25, 0.3) is 0 Å². The molecule has 0 fully saturated rings. The molecule has 21 heavy (non-hydrogen) atoms. The number of benzene rings is 1. The number of hydrogen-bond donors (Lipinski definition) is 1. The van der Waals surface area contributed by atoms with Crippen LogP contribution >= 0.6 is 0 Å². The standard InChI is InChI=1S/C15H18F2N4/c1-2-3-13-15-20-19-14(21(15)7-6-18-13)8-10-4-5-11(16)9-12(10)17/h4-5,9,13,18H,2-3,6-8H2,1H3. The van der Waals surface area contributed by atoms with Crippen LogP contribution in [-0.2, 0) is 13.0 Å². The molecule has 1 atom stereocenters. The summed E-state index contributed by atoms with van der Waals surface area (Å²) in [5.74, 6) is 0.553. The highest BCUT2D eigenvalue weighted by Gasteiger charge is 2.24. The van der Waals surface area contributed by atoms with Crippen LogP contribution in [0.3, 0.4) is 0 Å². The molecule has 6 heteroatoms. The number of hydrogen-bond acceptors (Lipinski definition) is 3. The second-order valence-corrected chi connectivity index (χ2v) is 5.33. The van der Waals surface area contributed by atoms with Gasteiger partial charge in [0.05, 0.1) is 6.04 Å². The Morgan fingerprint density at radius 2 is 2.19 bits per heavy atom. The van der Waals surface area contributed by atoms with E-state index in [0.29, 0.717) is 12.0 Å². The fourth-order valence-electron chi connectivity index (χ4n) is 2.78. The molecule has 1 aromatic heterocycles. The van der Waals surface area contributed by atoms with Crippen molar-refractivity contribution in [3.63, 3.8) is 0 Å². The van der Waals surface area contributed by atoms with E-state index in [0.717, 1.165) is 43.6 Å². The van der Waals surface area contributed by atoms with Crippen molar-refractivity contribution in [1.29, 1.82) is 0 Å². The van der Waals surface area contributed by atoms with Crippen LogP contribution in [0.2, 0.25) is 0 Å². The van der Waals surface area contributed by atoms with Crippen LogP contribution in [-0.4, -0.2) is 21.3 Å². The molecule has 0 bridgehead atoms. The molecular weight excluding hydrogens is 274 g/mol. The van der Waals surface area contributed by atoms with Gasteiger partial charge in [-0.3, -0.25) is 0 Å². The van der Waals surface area contributed by atoms with Gasteiger partial charge in [-0.2, -0.15) is 0 Å². The minimum atomic E-state index is -0.563. The highest BCUT2D eigenvalue weighted by Crippen LogP contribution is 2.22. The van der Waals surface area contributed by atoms with E-state index in [2.05, 4.69) is 27.0 Å². The lowest BCUT2D eigenvalue weighted by molar-refractivity contribution is 0.388. The van der Waals surface area contributed by atoms with Crippen molar-refractivity contribution in [3.05, 3.63) is 47.0 Å². The maximum absolute atomic E-state index is 13.8. The Labute approximate surface area is 122 Å². The molecule has 1 aliphatic rings. The number of rotatable bonds is 4. The zero-order valence-electron chi connectivity index (χ0n) is 11.9. The van der Waals surface area contributed by atoms with Gasteiger partial charge in [-0.25, -0.2) is 8.78 Å². The normalized spacial score (nSPS) is 17.8. The minimum Gasteiger partial charge on any atom is -0.312 e. The second kappa shape index (κ2) is 5.89. The lowest BCUT2D eigenvalue weighted by Gasteiger charge is -2.24. The molecule has 0 radical (unpaired) electrons. The predicted molar refractivity (Wildman–Crippen MR) is 74.8 cm³/mol. The fourth-order valence-corrected chi connectivity index (χ4v) is 2.78. The third-order valence-corrected chi connectivity index (χ3v) is 3.83. The second-order valence-electron chi connectivity index (χ2n) is 5.33. The van der Waals surface area contributed by atoms with Crippen LogP contribution in [0.5, 0.6) is 0 Å². The van der Waals surface area contributed by atoms with Gasteiger partial charge in [0.15, 0.2) is 0 Å². The van der Waals surface area contributed by atoms with Crippen LogP contribution in [0, 0.1) is 11.6 Å². The summed E-state index contributed by atoms with van der Waals surface area (Å²) in [7, 11) is 0. The topological polar surface area (TPSA) is 42.7 Å².